The molecule has 2 N–H and O–H groups in total. The SMILES string of the molecule is Cn1ccc(CNS(=O)(=O)c2ccc3c(c2)CC(=O)N3)c1. The molecule has 0 atom stereocenters. The fraction of sp³-hybridized carbons (Fsp3) is 0.214. The van der Waals surface area contributed by atoms with Gasteiger partial charge in [-0.15, -0.1) is 0 Å². The molecule has 0 saturated carbocycles. The molecule has 1 aliphatic rings. The number of rotatable bonds is 4. The number of carbonyl (C=O) groups is 1. The Kier molecular flexibility index (Phi) is 3.30. The number of sulfonamides is 1. The van der Waals surface area contributed by atoms with Crippen molar-refractivity contribution in [2.45, 2.75) is 17.9 Å². The van der Waals surface area contributed by atoms with Crippen LogP contribution in [0.5, 0.6) is 0 Å². The van der Waals surface area contributed by atoms with Crippen molar-refractivity contribution >= 4 is 21.6 Å². The Morgan fingerprint density at radius 3 is 2.86 bits per heavy atom. The molecule has 1 amide bonds. The van der Waals surface area contributed by atoms with Gasteiger partial charge in [0, 0.05) is 31.7 Å². The Labute approximate surface area is 122 Å². The second-order valence-electron chi connectivity index (χ2n) is 5.05. The summed E-state index contributed by atoms with van der Waals surface area (Å²) in [5.41, 5.74) is 2.28. The van der Waals surface area contributed by atoms with E-state index < -0.39 is 10.0 Å². The summed E-state index contributed by atoms with van der Waals surface area (Å²) in [4.78, 5) is 11.5. The van der Waals surface area contributed by atoms with Crippen LogP contribution >= 0.6 is 0 Å². The molecule has 0 bridgehead atoms. The molecule has 2 heterocycles. The second kappa shape index (κ2) is 5.01. The summed E-state index contributed by atoms with van der Waals surface area (Å²) < 4.78 is 29.0. The summed E-state index contributed by atoms with van der Waals surface area (Å²) in [5.74, 6) is -0.114. The maximum atomic E-state index is 12.3. The van der Waals surface area contributed by atoms with Gasteiger partial charge in [0.05, 0.1) is 11.3 Å². The first-order chi connectivity index (χ1) is 9.94. The Morgan fingerprint density at radius 2 is 2.14 bits per heavy atom. The van der Waals surface area contributed by atoms with Crippen molar-refractivity contribution in [2.24, 2.45) is 7.05 Å². The van der Waals surface area contributed by atoms with Crippen LogP contribution in [-0.2, 0) is 34.8 Å². The maximum absolute atomic E-state index is 12.3. The molecule has 110 valence electrons. The number of fused-ring (bicyclic) bond motifs is 1. The van der Waals surface area contributed by atoms with E-state index >= 15 is 0 Å². The number of nitrogens with one attached hydrogen (secondary N) is 2. The van der Waals surface area contributed by atoms with Gasteiger partial charge in [-0.25, -0.2) is 13.1 Å². The summed E-state index contributed by atoms with van der Waals surface area (Å²) in [6.45, 7) is 0.234. The predicted molar refractivity (Wildman–Crippen MR) is 78.2 cm³/mol. The van der Waals surface area contributed by atoms with Crippen LogP contribution in [0.15, 0.2) is 41.6 Å². The monoisotopic (exact) mass is 305 g/mol. The molecule has 0 aliphatic carbocycles. The number of hydrogen-bond acceptors (Lipinski definition) is 3. The number of nitrogens with zero attached hydrogens (tertiary/aromatic N) is 1. The number of benzene rings is 1. The average molecular weight is 305 g/mol. The molecule has 1 aromatic heterocycles. The summed E-state index contributed by atoms with van der Waals surface area (Å²) in [7, 11) is -1.71. The highest BCUT2D eigenvalue weighted by Crippen LogP contribution is 2.25. The standard InChI is InChI=1S/C14H15N3O3S/c1-17-5-4-10(9-17)8-15-21(19,20)12-2-3-13-11(6-12)7-14(18)16-13/h2-6,9,15H,7-8H2,1H3,(H,16,18). The molecule has 0 spiro atoms. The van der Waals surface area contributed by atoms with Crippen LogP contribution < -0.4 is 10.0 Å². The first-order valence-electron chi connectivity index (χ1n) is 6.47. The molecule has 21 heavy (non-hydrogen) atoms. The van der Waals surface area contributed by atoms with Crippen LogP contribution in [-0.4, -0.2) is 18.9 Å². The summed E-state index contributed by atoms with van der Waals surface area (Å²) in [5, 5.41) is 2.68. The number of aryl methyl sites for hydroxylation is 1. The highest BCUT2D eigenvalue weighted by atomic mass is 32.2. The van der Waals surface area contributed by atoms with Gasteiger partial charge in [0.15, 0.2) is 0 Å². The maximum Gasteiger partial charge on any atom is 0.240 e. The first kappa shape index (κ1) is 13.8. The van der Waals surface area contributed by atoms with Gasteiger partial charge in [-0.05, 0) is 35.4 Å². The molecule has 7 heteroatoms. The van der Waals surface area contributed by atoms with Crippen LogP contribution in [0, 0.1) is 0 Å². The van der Waals surface area contributed by atoms with E-state index in [0.717, 1.165) is 5.56 Å². The minimum absolute atomic E-state index is 0.114. The van der Waals surface area contributed by atoms with E-state index in [1.165, 1.54) is 6.07 Å². The summed E-state index contributed by atoms with van der Waals surface area (Å²) in [6.07, 6.45) is 3.93. The van der Waals surface area contributed by atoms with Crippen LogP contribution in [0.4, 0.5) is 5.69 Å². The van der Waals surface area contributed by atoms with Gasteiger partial charge < -0.3 is 9.88 Å². The lowest BCUT2D eigenvalue weighted by Gasteiger charge is -2.07. The fourth-order valence-corrected chi connectivity index (χ4v) is 3.37. The van der Waals surface area contributed by atoms with Gasteiger partial charge in [0.25, 0.3) is 0 Å². The van der Waals surface area contributed by atoms with Crippen molar-refractivity contribution < 1.29 is 13.2 Å². The molecular weight excluding hydrogens is 290 g/mol. The lowest BCUT2D eigenvalue weighted by molar-refractivity contribution is -0.115. The number of aromatic nitrogens is 1. The quantitative estimate of drug-likeness (QED) is 0.884. The van der Waals surface area contributed by atoms with Crippen LogP contribution in [0.1, 0.15) is 11.1 Å². The van der Waals surface area contributed by atoms with Crippen molar-refractivity contribution in [3.8, 4) is 0 Å². The highest BCUT2D eigenvalue weighted by molar-refractivity contribution is 7.89. The summed E-state index contributed by atoms with van der Waals surface area (Å²) >= 11 is 0. The van der Waals surface area contributed by atoms with E-state index in [1.807, 2.05) is 30.1 Å². The topological polar surface area (TPSA) is 80.2 Å². The fourth-order valence-electron chi connectivity index (χ4n) is 2.30. The second-order valence-corrected chi connectivity index (χ2v) is 6.82. The Bertz CT molecular complexity index is 809. The largest absolute Gasteiger partial charge is 0.357 e. The van der Waals surface area contributed by atoms with Gasteiger partial charge in [0.1, 0.15) is 0 Å². The van der Waals surface area contributed by atoms with Crippen LogP contribution in [0.25, 0.3) is 0 Å². The Hall–Kier alpha value is -2.12. The van der Waals surface area contributed by atoms with E-state index in [2.05, 4.69) is 10.0 Å². The third kappa shape index (κ3) is 2.84. The minimum Gasteiger partial charge on any atom is -0.357 e. The van der Waals surface area contributed by atoms with E-state index in [4.69, 9.17) is 0 Å². The molecule has 0 radical (unpaired) electrons. The van der Waals surface area contributed by atoms with Crippen molar-refractivity contribution in [1.82, 2.24) is 9.29 Å². The van der Waals surface area contributed by atoms with Gasteiger partial charge in [0.2, 0.25) is 15.9 Å². The number of carbonyl (C=O) groups excluding carboxylic acids is 1. The predicted octanol–water partition coefficient (Wildman–Crippen LogP) is 0.998. The molecule has 0 saturated heterocycles. The average Bonchev–Trinajstić information content (AvgIpc) is 3.00. The lowest BCUT2D eigenvalue weighted by atomic mass is 10.2. The molecule has 1 aromatic carbocycles. The van der Waals surface area contributed by atoms with Gasteiger partial charge in [-0.2, -0.15) is 0 Å². The van der Waals surface area contributed by atoms with Crippen molar-refractivity contribution in [3.05, 3.63) is 47.8 Å². The van der Waals surface area contributed by atoms with E-state index in [0.29, 0.717) is 11.3 Å². The third-order valence-corrected chi connectivity index (χ3v) is 4.77. The van der Waals surface area contributed by atoms with Crippen LogP contribution in [0.2, 0.25) is 0 Å². The van der Waals surface area contributed by atoms with E-state index in [1.54, 1.807) is 12.1 Å². The molecule has 0 fully saturated rings. The third-order valence-electron chi connectivity index (χ3n) is 3.37. The Morgan fingerprint density at radius 1 is 1.33 bits per heavy atom. The van der Waals surface area contributed by atoms with Gasteiger partial charge in [-0.1, -0.05) is 0 Å². The smallest absolute Gasteiger partial charge is 0.240 e. The van der Waals surface area contributed by atoms with Gasteiger partial charge >= 0.3 is 0 Å². The highest BCUT2D eigenvalue weighted by Gasteiger charge is 2.21. The van der Waals surface area contributed by atoms with Crippen molar-refractivity contribution in [1.29, 1.82) is 0 Å². The van der Waals surface area contributed by atoms with E-state index in [-0.39, 0.29) is 23.8 Å². The molecule has 1 aliphatic heterocycles. The number of anilines is 1. The van der Waals surface area contributed by atoms with Crippen molar-refractivity contribution in [3.63, 3.8) is 0 Å². The molecule has 3 rings (SSSR count). The summed E-state index contributed by atoms with van der Waals surface area (Å²) in [6, 6.07) is 6.52. The van der Waals surface area contributed by atoms with Gasteiger partial charge in [-0.3, -0.25) is 4.79 Å². The van der Waals surface area contributed by atoms with E-state index in [9.17, 15) is 13.2 Å². The minimum atomic E-state index is -3.59. The first-order valence-corrected chi connectivity index (χ1v) is 7.96. The zero-order valence-corrected chi connectivity index (χ0v) is 12.3. The molecule has 2 aromatic rings. The molecule has 6 nitrogen and oxygen atoms in total. The Balaban J connectivity index is 1.79. The number of amides is 1. The van der Waals surface area contributed by atoms with Crippen molar-refractivity contribution in [2.75, 3.05) is 5.32 Å². The molecular formula is C14H15N3O3S. The number of hydrogen-bond donors (Lipinski definition) is 2. The normalized spacial score (nSPS) is 14.0. The zero-order chi connectivity index (χ0) is 15.0. The lowest BCUT2D eigenvalue weighted by Crippen LogP contribution is -2.23. The zero-order valence-electron chi connectivity index (χ0n) is 11.5. The molecule has 0 unspecified atom stereocenters. The van der Waals surface area contributed by atoms with Crippen LogP contribution in [0.3, 0.4) is 0 Å².